The molecule has 2 rings (SSSR count). The van der Waals surface area contributed by atoms with E-state index in [-0.39, 0.29) is 0 Å². The minimum Gasteiger partial charge on any atom is -0.356 e. The molecule has 5 heteroatoms. The molecule has 1 saturated carbocycles. The predicted octanol–water partition coefficient (Wildman–Crippen LogP) is 2.09. The Morgan fingerprint density at radius 3 is 2.56 bits per heavy atom. The Bertz CT molecular complexity index is 398. The van der Waals surface area contributed by atoms with Gasteiger partial charge in [-0.15, -0.1) is 0 Å². The molecular formula is C13H23N5. The molecule has 1 aliphatic carbocycles. The summed E-state index contributed by atoms with van der Waals surface area (Å²) in [5, 5.41) is 0. The van der Waals surface area contributed by atoms with Crippen LogP contribution >= 0.6 is 0 Å². The molecular weight excluding hydrogens is 226 g/mol. The molecule has 0 amide bonds. The fraction of sp³-hybridized carbons (Fsp3) is 0.692. The van der Waals surface area contributed by atoms with Crippen LogP contribution < -0.4 is 16.2 Å². The number of nitrogen functional groups attached to an aromatic ring is 1. The number of nitrogens with one attached hydrogen (secondary N) is 1. The third-order valence-electron chi connectivity index (χ3n) is 4.06. The van der Waals surface area contributed by atoms with Crippen molar-refractivity contribution in [2.75, 3.05) is 17.4 Å². The average Bonchev–Trinajstić information content (AvgIpc) is 2.39. The third-order valence-corrected chi connectivity index (χ3v) is 4.06. The highest BCUT2D eigenvalue weighted by atomic mass is 15.3. The van der Waals surface area contributed by atoms with Crippen LogP contribution in [0.4, 0.5) is 11.6 Å². The molecule has 0 saturated heterocycles. The SMILES string of the molecule is Cc1c(NN)ncnc1N(C)C1CCC(C)CC1. The topological polar surface area (TPSA) is 67.1 Å². The predicted molar refractivity (Wildman–Crippen MR) is 74.4 cm³/mol. The van der Waals surface area contributed by atoms with Crippen LogP contribution in [0.2, 0.25) is 0 Å². The normalized spacial score (nSPS) is 23.8. The first-order valence-electron chi connectivity index (χ1n) is 6.64. The van der Waals surface area contributed by atoms with Gasteiger partial charge in [-0.2, -0.15) is 0 Å². The van der Waals surface area contributed by atoms with Crippen molar-refractivity contribution in [2.24, 2.45) is 11.8 Å². The summed E-state index contributed by atoms with van der Waals surface area (Å²) in [5.74, 6) is 8.01. The lowest BCUT2D eigenvalue weighted by atomic mass is 9.86. The highest BCUT2D eigenvalue weighted by Crippen LogP contribution is 2.30. The van der Waals surface area contributed by atoms with Crippen molar-refractivity contribution in [3.63, 3.8) is 0 Å². The second-order valence-electron chi connectivity index (χ2n) is 5.34. The van der Waals surface area contributed by atoms with Gasteiger partial charge >= 0.3 is 0 Å². The van der Waals surface area contributed by atoms with Gasteiger partial charge in [0, 0.05) is 18.7 Å². The van der Waals surface area contributed by atoms with Gasteiger partial charge in [0.2, 0.25) is 0 Å². The van der Waals surface area contributed by atoms with Gasteiger partial charge in [0.05, 0.1) is 0 Å². The van der Waals surface area contributed by atoms with Gasteiger partial charge in [0.1, 0.15) is 18.0 Å². The first-order chi connectivity index (χ1) is 8.63. The number of aromatic nitrogens is 2. The van der Waals surface area contributed by atoms with Crippen molar-refractivity contribution in [1.29, 1.82) is 0 Å². The minimum absolute atomic E-state index is 0.584. The van der Waals surface area contributed by atoms with Crippen LogP contribution in [-0.4, -0.2) is 23.1 Å². The molecule has 0 spiro atoms. The summed E-state index contributed by atoms with van der Waals surface area (Å²) in [6.07, 6.45) is 6.67. The zero-order valence-corrected chi connectivity index (χ0v) is 11.5. The van der Waals surface area contributed by atoms with Crippen molar-refractivity contribution >= 4 is 11.6 Å². The molecule has 1 aliphatic rings. The minimum atomic E-state index is 0.584. The molecule has 3 N–H and O–H groups in total. The third kappa shape index (κ3) is 2.56. The van der Waals surface area contributed by atoms with Gasteiger partial charge in [-0.3, -0.25) is 0 Å². The quantitative estimate of drug-likeness (QED) is 0.634. The van der Waals surface area contributed by atoms with Crippen molar-refractivity contribution in [3.05, 3.63) is 11.9 Å². The Balaban J connectivity index is 2.15. The Morgan fingerprint density at radius 1 is 1.28 bits per heavy atom. The second kappa shape index (κ2) is 5.52. The van der Waals surface area contributed by atoms with E-state index in [1.807, 2.05) is 6.92 Å². The van der Waals surface area contributed by atoms with E-state index < -0.39 is 0 Å². The van der Waals surface area contributed by atoms with Gasteiger partial charge in [-0.25, -0.2) is 15.8 Å². The van der Waals surface area contributed by atoms with Crippen LogP contribution in [0.5, 0.6) is 0 Å². The molecule has 0 unspecified atom stereocenters. The van der Waals surface area contributed by atoms with Crippen molar-refractivity contribution < 1.29 is 0 Å². The van der Waals surface area contributed by atoms with Gasteiger partial charge in [0.15, 0.2) is 0 Å². The maximum absolute atomic E-state index is 5.46. The lowest BCUT2D eigenvalue weighted by molar-refractivity contribution is 0.339. The first kappa shape index (κ1) is 13.1. The lowest BCUT2D eigenvalue weighted by Crippen LogP contribution is -2.36. The smallest absolute Gasteiger partial charge is 0.148 e. The van der Waals surface area contributed by atoms with E-state index in [0.29, 0.717) is 11.9 Å². The molecule has 5 nitrogen and oxygen atoms in total. The summed E-state index contributed by atoms with van der Waals surface area (Å²) in [7, 11) is 2.12. The molecule has 1 fully saturated rings. The van der Waals surface area contributed by atoms with Crippen molar-refractivity contribution in [3.8, 4) is 0 Å². The number of rotatable bonds is 3. The Kier molecular flexibility index (Phi) is 4.01. The van der Waals surface area contributed by atoms with E-state index in [1.54, 1.807) is 6.33 Å². The molecule has 0 radical (unpaired) electrons. The fourth-order valence-corrected chi connectivity index (χ4v) is 2.74. The Morgan fingerprint density at radius 2 is 1.94 bits per heavy atom. The van der Waals surface area contributed by atoms with Gasteiger partial charge in [-0.1, -0.05) is 6.92 Å². The van der Waals surface area contributed by atoms with E-state index in [1.165, 1.54) is 25.7 Å². The lowest BCUT2D eigenvalue weighted by Gasteiger charge is -2.35. The number of anilines is 2. The largest absolute Gasteiger partial charge is 0.356 e. The molecule has 1 aromatic heterocycles. The number of hydrogen-bond donors (Lipinski definition) is 2. The van der Waals surface area contributed by atoms with Gasteiger partial charge in [0.25, 0.3) is 0 Å². The highest BCUT2D eigenvalue weighted by Gasteiger charge is 2.24. The second-order valence-corrected chi connectivity index (χ2v) is 5.34. The average molecular weight is 249 g/mol. The summed E-state index contributed by atoms with van der Waals surface area (Å²) in [5.41, 5.74) is 3.64. The van der Waals surface area contributed by atoms with Crippen LogP contribution in [0.25, 0.3) is 0 Å². The summed E-state index contributed by atoms with van der Waals surface area (Å²) in [4.78, 5) is 10.8. The summed E-state index contributed by atoms with van der Waals surface area (Å²) >= 11 is 0. The zero-order chi connectivity index (χ0) is 13.1. The van der Waals surface area contributed by atoms with E-state index in [9.17, 15) is 0 Å². The molecule has 1 aromatic rings. The number of hydrazine groups is 1. The monoisotopic (exact) mass is 249 g/mol. The highest BCUT2D eigenvalue weighted by molar-refractivity contribution is 5.57. The number of hydrogen-bond acceptors (Lipinski definition) is 5. The Labute approximate surface area is 109 Å². The maximum Gasteiger partial charge on any atom is 0.148 e. The molecule has 0 aliphatic heterocycles. The van der Waals surface area contributed by atoms with E-state index >= 15 is 0 Å². The molecule has 0 aromatic carbocycles. The van der Waals surface area contributed by atoms with Crippen molar-refractivity contribution in [2.45, 2.75) is 45.6 Å². The molecule has 1 heterocycles. The summed E-state index contributed by atoms with van der Waals surface area (Å²) < 4.78 is 0. The summed E-state index contributed by atoms with van der Waals surface area (Å²) in [6, 6.07) is 0.584. The fourth-order valence-electron chi connectivity index (χ4n) is 2.74. The van der Waals surface area contributed by atoms with E-state index in [2.05, 4.69) is 34.3 Å². The number of nitrogens with two attached hydrogens (primary N) is 1. The van der Waals surface area contributed by atoms with E-state index in [4.69, 9.17) is 5.84 Å². The van der Waals surface area contributed by atoms with Crippen LogP contribution in [0.3, 0.4) is 0 Å². The molecule has 0 atom stereocenters. The standard InChI is InChI=1S/C13H23N5/c1-9-4-6-11(7-5-9)18(3)13-10(2)12(17-14)15-8-16-13/h8-9,11H,4-7,14H2,1-3H3,(H,15,16,17). The van der Waals surface area contributed by atoms with Crippen LogP contribution in [0.15, 0.2) is 6.33 Å². The number of nitrogens with zero attached hydrogens (tertiary/aromatic N) is 3. The Hall–Kier alpha value is -1.36. The van der Waals surface area contributed by atoms with Crippen LogP contribution in [0, 0.1) is 12.8 Å². The molecule has 0 bridgehead atoms. The summed E-state index contributed by atoms with van der Waals surface area (Å²) in [6.45, 7) is 4.34. The van der Waals surface area contributed by atoms with Crippen molar-refractivity contribution in [1.82, 2.24) is 9.97 Å². The molecule has 18 heavy (non-hydrogen) atoms. The van der Waals surface area contributed by atoms with Crippen LogP contribution in [-0.2, 0) is 0 Å². The first-order valence-corrected chi connectivity index (χ1v) is 6.64. The van der Waals surface area contributed by atoms with E-state index in [0.717, 1.165) is 17.3 Å². The molecule has 100 valence electrons. The maximum atomic E-state index is 5.46. The van der Waals surface area contributed by atoms with Gasteiger partial charge < -0.3 is 10.3 Å². The van der Waals surface area contributed by atoms with Crippen LogP contribution in [0.1, 0.15) is 38.2 Å². The zero-order valence-electron chi connectivity index (χ0n) is 11.5. The van der Waals surface area contributed by atoms with Gasteiger partial charge in [-0.05, 0) is 38.5 Å².